The fourth-order valence-corrected chi connectivity index (χ4v) is 5.01. The molecule has 23 heavy (non-hydrogen) atoms. The van der Waals surface area contributed by atoms with Crippen LogP contribution < -0.4 is 5.32 Å². The molecule has 1 amide bonds. The van der Waals surface area contributed by atoms with Crippen LogP contribution in [0, 0.1) is 0 Å². The van der Waals surface area contributed by atoms with Gasteiger partial charge in [-0.25, -0.2) is 8.42 Å². The van der Waals surface area contributed by atoms with E-state index in [1.165, 1.54) is 6.92 Å². The lowest BCUT2D eigenvalue weighted by molar-refractivity contribution is -0.119. The van der Waals surface area contributed by atoms with E-state index in [0.717, 1.165) is 24.2 Å². The first-order valence-electron chi connectivity index (χ1n) is 7.85. The van der Waals surface area contributed by atoms with Crippen molar-refractivity contribution in [1.29, 1.82) is 0 Å². The number of hydrogen-bond donors (Lipinski definition) is 1. The van der Waals surface area contributed by atoms with E-state index in [9.17, 15) is 13.2 Å². The van der Waals surface area contributed by atoms with E-state index in [0.29, 0.717) is 24.4 Å². The molecular formula is C16H24N2O3S2. The molecule has 0 unspecified atom stereocenters. The van der Waals surface area contributed by atoms with E-state index in [-0.39, 0.29) is 11.9 Å². The van der Waals surface area contributed by atoms with Crippen molar-refractivity contribution in [3.8, 4) is 0 Å². The lowest BCUT2D eigenvalue weighted by atomic mass is 10.0. The molecule has 0 bridgehead atoms. The molecule has 1 fully saturated rings. The fourth-order valence-electron chi connectivity index (χ4n) is 2.88. The Kier molecular flexibility index (Phi) is 6.50. The third kappa shape index (κ3) is 4.71. The van der Waals surface area contributed by atoms with Gasteiger partial charge in [0.15, 0.2) is 0 Å². The van der Waals surface area contributed by atoms with Crippen molar-refractivity contribution in [1.82, 2.24) is 9.62 Å². The maximum Gasteiger partial charge on any atom is 0.243 e. The van der Waals surface area contributed by atoms with Crippen molar-refractivity contribution in [2.45, 2.75) is 48.4 Å². The lowest BCUT2D eigenvalue weighted by Gasteiger charge is -2.34. The predicted octanol–water partition coefficient (Wildman–Crippen LogP) is 2.48. The van der Waals surface area contributed by atoms with Crippen LogP contribution in [-0.4, -0.2) is 44.0 Å². The summed E-state index contributed by atoms with van der Waals surface area (Å²) in [6, 6.07) is 7.00. The van der Waals surface area contributed by atoms with Gasteiger partial charge in [0.25, 0.3) is 0 Å². The van der Waals surface area contributed by atoms with E-state index in [1.807, 2.05) is 18.4 Å². The van der Waals surface area contributed by atoms with Crippen molar-refractivity contribution >= 4 is 27.7 Å². The average molecular weight is 357 g/mol. The Morgan fingerprint density at radius 1 is 1.30 bits per heavy atom. The third-order valence-electron chi connectivity index (χ3n) is 4.09. The van der Waals surface area contributed by atoms with Crippen LogP contribution in [0.15, 0.2) is 34.1 Å². The van der Waals surface area contributed by atoms with Gasteiger partial charge in [-0.05, 0) is 49.8 Å². The number of amides is 1. The summed E-state index contributed by atoms with van der Waals surface area (Å²) in [5.41, 5.74) is 0. The van der Waals surface area contributed by atoms with Crippen molar-refractivity contribution < 1.29 is 13.2 Å². The second kappa shape index (κ2) is 8.17. The molecule has 1 aromatic carbocycles. The topological polar surface area (TPSA) is 66.5 Å². The number of benzene rings is 1. The first kappa shape index (κ1) is 18.3. The first-order valence-corrected chi connectivity index (χ1v) is 10.5. The van der Waals surface area contributed by atoms with E-state index in [4.69, 9.17) is 0 Å². The zero-order valence-electron chi connectivity index (χ0n) is 13.6. The zero-order chi connectivity index (χ0) is 16.9. The Bertz CT molecular complexity index is 629. The minimum atomic E-state index is -3.48. The Labute approximate surface area is 142 Å². The number of piperidine rings is 1. The number of carbonyl (C=O) groups excluding carboxylic acids is 1. The molecule has 1 atom stereocenters. The average Bonchev–Trinajstić information content (AvgIpc) is 2.55. The van der Waals surface area contributed by atoms with Gasteiger partial charge < -0.3 is 5.32 Å². The molecule has 0 aromatic heterocycles. The van der Waals surface area contributed by atoms with E-state index in [1.54, 1.807) is 28.2 Å². The molecule has 0 aliphatic carbocycles. The van der Waals surface area contributed by atoms with Crippen molar-refractivity contribution in [3.63, 3.8) is 0 Å². The van der Waals surface area contributed by atoms with Gasteiger partial charge in [0.2, 0.25) is 15.9 Å². The smallest absolute Gasteiger partial charge is 0.243 e. The van der Waals surface area contributed by atoms with Crippen molar-refractivity contribution in [2.75, 3.05) is 19.3 Å². The number of rotatable bonds is 6. The second-order valence-electron chi connectivity index (χ2n) is 5.71. The van der Waals surface area contributed by atoms with Gasteiger partial charge in [-0.15, -0.1) is 11.8 Å². The van der Waals surface area contributed by atoms with Crippen LogP contribution in [0.4, 0.5) is 0 Å². The fraction of sp³-hybridized carbons (Fsp3) is 0.562. The Morgan fingerprint density at radius 3 is 2.61 bits per heavy atom. The van der Waals surface area contributed by atoms with Gasteiger partial charge in [0.1, 0.15) is 0 Å². The standard InChI is InChI=1S/C16H24N2O3S2/c1-13(19)17-11-10-14-5-3-4-12-18(14)23(20,21)16-8-6-15(22-2)7-9-16/h6-9,14H,3-5,10-12H2,1-2H3,(H,17,19)/t14-/m0/s1. The molecule has 1 aliphatic rings. The largest absolute Gasteiger partial charge is 0.356 e. The predicted molar refractivity (Wildman–Crippen MR) is 93.1 cm³/mol. The van der Waals surface area contributed by atoms with Gasteiger partial charge >= 0.3 is 0 Å². The summed E-state index contributed by atoms with van der Waals surface area (Å²) in [6.45, 7) is 2.54. The van der Waals surface area contributed by atoms with E-state index >= 15 is 0 Å². The molecule has 1 aromatic rings. The SMILES string of the molecule is CSc1ccc(S(=O)(=O)N2CCCC[C@H]2CCNC(C)=O)cc1. The summed E-state index contributed by atoms with van der Waals surface area (Å²) < 4.78 is 27.5. The van der Waals surface area contributed by atoms with Gasteiger partial charge in [-0.1, -0.05) is 6.42 Å². The Morgan fingerprint density at radius 2 is 2.00 bits per heavy atom. The third-order valence-corrected chi connectivity index (χ3v) is 6.80. The molecular weight excluding hydrogens is 332 g/mol. The molecule has 5 nitrogen and oxygen atoms in total. The second-order valence-corrected chi connectivity index (χ2v) is 8.48. The van der Waals surface area contributed by atoms with Crippen LogP contribution in [0.5, 0.6) is 0 Å². The van der Waals surface area contributed by atoms with Crippen LogP contribution in [0.25, 0.3) is 0 Å². The summed E-state index contributed by atoms with van der Waals surface area (Å²) in [5.74, 6) is -0.0807. The van der Waals surface area contributed by atoms with E-state index in [2.05, 4.69) is 5.32 Å². The molecule has 1 aliphatic heterocycles. The highest BCUT2D eigenvalue weighted by atomic mass is 32.2. The highest BCUT2D eigenvalue weighted by Gasteiger charge is 2.33. The summed E-state index contributed by atoms with van der Waals surface area (Å²) in [6.07, 6.45) is 5.39. The Balaban J connectivity index is 2.14. The number of thioether (sulfide) groups is 1. The van der Waals surface area contributed by atoms with Crippen LogP contribution >= 0.6 is 11.8 Å². The highest BCUT2D eigenvalue weighted by Crippen LogP contribution is 2.28. The first-order chi connectivity index (χ1) is 10.9. The van der Waals surface area contributed by atoms with Crippen molar-refractivity contribution in [2.24, 2.45) is 0 Å². The number of hydrogen-bond acceptors (Lipinski definition) is 4. The van der Waals surface area contributed by atoms with Crippen molar-refractivity contribution in [3.05, 3.63) is 24.3 Å². The number of sulfonamides is 1. The lowest BCUT2D eigenvalue weighted by Crippen LogP contribution is -2.45. The molecule has 1 N–H and O–H groups in total. The molecule has 0 saturated carbocycles. The minimum Gasteiger partial charge on any atom is -0.356 e. The number of carbonyl (C=O) groups is 1. The van der Waals surface area contributed by atoms with Crippen LogP contribution in [0.2, 0.25) is 0 Å². The normalized spacial score (nSPS) is 19.5. The van der Waals surface area contributed by atoms with E-state index < -0.39 is 10.0 Å². The monoisotopic (exact) mass is 356 g/mol. The molecule has 2 rings (SSSR count). The van der Waals surface area contributed by atoms with Gasteiger partial charge in [-0.2, -0.15) is 4.31 Å². The molecule has 7 heteroatoms. The summed E-state index contributed by atoms with van der Waals surface area (Å²) in [4.78, 5) is 12.4. The molecule has 1 saturated heterocycles. The van der Waals surface area contributed by atoms with Gasteiger partial charge in [0.05, 0.1) is 4.90 Å². The molecule has 1 heterocycles. The zero-order valence-corrected chi connectivity index (χ0v) is 15.3. The van der Waals surface area contributed by atoms with Gasteiger partial charge in [-0.3, -0.25) is 4.79 Å². The number of nitrogens with one attached hydrogen (secondary N) is 1. The quantitative estimate of drug-likeness (QED) is 0.795. The summed E-state index contributed by atoms with van der Waals surface area (Å²) in [5, 5.41) is 2.76. The maximum absolute atomic E-state index is 12.9. The van der Waals surface area contributed by atoms with Gasteiger partial charge in [0, 0.05) is 31.0 Å². The van der Waals surface area contributed by atoms with Crippen LogP contribution in [0.1, 0.15) is 32.6 Å². The minimum absolute atomic E-state index is 0.0409. The molecule has 0 spiro atoms. The summed E-state index contributed by atoms with van der Waals surface area (Å²) in [7, 11) is -3.48. The maximum atomic E-state index is 12.9. The Hall–Kier alpha value is -1.05. The molecule has 128 valence electrons. The van der Waals surface area contributed by atoms with Crippen LogP contribution in [-0.2, 0) is 14.8 Å². The molecule has 0 radical (unpaired) electrons. The number of nitrogens with zero attached hydrogens (tertiary/aromatic N) is 1. The highest BCUT2D eigenvalue weighted by molar-refractivity contribution is 7.98. The summed E-state index contributed by atoms with van der Waals surface area (Å²) >= 11 is 1.59. The van der Waals surface area contributed by atoms with Crippen LogP contribution in [0.3, 0.4) is 0 Å².